The number of nitrogens with zero attached hydrogens (tertiary/aromatic N) is 1. The minimum atomic E-state index is -0.204. The minimum Gasteiger partial charge on any atom is -0.396 e. The van der Waals surface area contributed by atoms with E-state index in [-0.39, 0.29) is 24.2 Å². The number of aliphatic hydroxyl groups is 1. The van der Waals surface area contributed by atoms with E-state index in [1.807, 2.05) is 20.8 Å². The summed E-state index contributed by atoms with van der Waals surface area (Å²) in [6.45, 7) is 8.27. The van der Waals surface area contributed by atoms with Crippen LogP contribution in [0, 0.1) is 12.8 Å². The zero-order chi connectivity index (χ0) is 13.7. The summed E-state index contributed by atoms with van der Waals surface area (Å²) in [5, 5.41) is 8.91. The number of aryl methyl sites for hydroxylation is 1. The number of aliphatic hydroxyl groups excluding tert-OH is 1. The lowest BCUT2D eigenvalue weighted by atomic mass is 10.1. The summed E-state index contributed by atoms with van der Waals surface area (Å²) in [7, 11) is 0. The fourth-order valence-electron chi connectivity index (χ4n) is 1.94. The van der Waals surface area contributed by atoms with Gasteiger partial charge in [-0.1, -0.05) is 13.8 Å². The van der Waals surface area contributed by atoms with E-state index in [0.29, 0.717) is 30.1 Å². The molecule has 0 bridgehead atoms. The van der Waals surface area contributed by atoms with Crippen molar-refractivity contribution >= 4 is 0 Å². The second-order valence-electron chi connectivity index (χ2n) is 4.61. The fraction of sp³-hybridized carbons (Fsp3) is 0.692. The van der Waals surface area contributed by atoms with Crippen molar-refractivity contribution in [3.8, 4) is 0 Å². The van der Waals surface area contributed by atoms with E-state index in [1.54, 1.807) is 6.92 Å². The predicted octanol–water partition coefficient (Wildman–Crippen LogP) is 1.35. The van der Waals surface area contributed by atoms with Gasteiger partial charge in [0, 0.05) is 30.9 Å². The number of aromatic nitrogens is 2. The van der Waals surface area contributed by atoms with Gasteiger partial charge in [0.25, 0.3) is 5.56 Å². The van der Waals surface area contributed by atoms with Gasteiger partial charge in [-0.05, 0) is 19.8 Å². The third-order valence-corrected chi connectivity index (χ3v) is 2.82. The molecule has 1 heterocycles. The Kier molecular flexibility index (Phi) is 5.50. The van der Waals surface area contributed by atoms with Crippen LogP contribution in [0.15, 0.2) is 4.79 Å². The Labute approximate surface area is 107 Å². The van der Waals surface area contributed by atoms with Gasteiger partial charge in [-0.25, -0.2) is 4.98 Å². The van der Waals surface area contributed by atoms with Crippen LogP contribution in [-0.4, -0.2) is 28.3 Å². The van der Waals surface area contributed by atoms with E-state index in [9.17, 15) is 4.79 Å². The SMILES string of the molecule is CCOC(c1nc(C)c(CCO)c(=O)[nH]1)C(C)C. The van der Waals surface area contributed by atoms with E-state index in [0.717, 1.165) is 0 Å². The van der Waals surface area contributed by atoms with Crippen molar-refractivity contribution in [1.82, 2.24) is 9.97 Å². The number of nitrogens with one attached hydrogen (secondary N) is 1. The molecule has 0 saturated heterocycles. The lowest BCUT2D eigenvalue weighted by molar-refractivity contribution is 0.0229. The van der Waals surface area contributed by atoms with Crippen LogP contribution in [0.25, 0.3) is 0 Å². The molecule has 0 amide bonds. The normalized spacial score (nSPS) is 13.0. The smallest absolute Gasteiger partial charge is 0.254 e. The fourth-order valence-corrected chi connectivity index (χ4v) is 1.94. The Morgan fingerprint density at radius 3 is 2.56 bits per heavy atom. The number of H-pyrrole nitrogens is 1. The molecule has 1 unspecified atom stereocenters. The molecule has 1 aromatic heterocycles. The van der Waals surface area contributed by atoms with Crippen LogP contribution in [-0.2, 0) is 11.2 Å². The van der Waals surface area contributed by atoms with Crippen LogP contribution in [0.4, 0.5) is 0 Å². The molecule has 0 aliphatic heterocycles. The number of hydrogen-bond donors (Lipinski definition) is 2. The third kappa shape index (κ3) is 3.40. The van der Waals surface area contributed by atoms with Crippen molar-refractivity contribution in [3.05, 3.63) is 27.4 Å². The van der Waals surface area contributed by atoms with Crippen molar-refractivity contribution in [2.45, 2.75) is 40.2 Å². The van der Waals surface area contributed by atoms with E-state index in [2.05, 4.69) is 9.97 Å². The molecule has 2 N–H and O–H groups in total. The number of rotatable bonds is 6. The maximum Gasteiger partial charge on any atom is 0.254 e. The molecule has 0 saturated carbocycles. The van der Waals surface area contributed by atoms with Crippen LogP contribution in [0.1, 0.15) is 44.0 Å². The molecule has 1 aromatic rings. The summed E-state index contributed by atoms with van der Waals surface area (Å²) >= 11 is 0. The molecule has 0 radical (unpaired) electrons. The second kappa shape index (κ2) is 6.66. The van der Waals surface area contributed by atoms with Gasteiger partial charge in [-0.3, -0.25) is 4.79 Å². The topological polar surface area (TPSA) is 75.2 Å². The van der Waals surface area contributed by atoms with Gasteiger partial charge in [-0.2, -0.15) is 0 Å². The lowest BCUT2D eigenvalue weighted by Crippen LogP contribution is -2.24. The van der Waals surface area contributed by atoms with Crippen LogP contribution in [0.3, 0.4) is 0 Å². The van der Waals surface area contributed by atoms with Crippen molar-refractivity contribution in [1.29, 1.82) is 0 Å². The van der Waals surface area contributed by atoms with Gasteiger partial charge in [-0.15, -0.1) is 0 Å². The maximum atomic E-state index is 11.9. The van der Waals surface area contributed by atoms with Crippen LogP contribution < -0.4 is 5.56 Å². The zero-order valence-electron chi connectivity index (χ0n) is 11.5. The summed E-state index contributed by atoms with van der Waals surface area (Å²) in [6, 6.07) is 0. The predicted molar refractivity (Wildman–Crippen MR) is 69.6 cm³/mol. The van der Waals surface area contributed by atoms with Gasteiger partial charge < -0.3 is 14.8 Å². The molecule has 1 rings (SSSR count). The Hall–Kier alpha value is -1.20. The van der Waals surface area contributed by atoms with Crippen molar-refractivity contribution in [2.24, 2.45) is 5.92 Å². The monoisotopic (exact) mass is 254 g/mol. The summed E-state index contributed by atoms with van der Waals surface area (Å²) < 4.78 is 5.62. The highest BCUT2D eigenvalue weighted by Gasteiger charge is 2.20. The molecule has 0 aliphatic carbocycles. The van der Waals surface area contributed by atoms with Crippen LogP contribution in [0.2, 0.25) is 0 Å². The second-order valence-corrected chi connectivity index (χ2v) is 4.61. The van der Waals surface area contributed by atoms with Crippen molar-refractivity contribution < 1.29 is 9.84 Å². The molecule has 5 heteroatoms. The zero-order valence-corrected chi connectivity index (χ0v) is 11.5. The van der Waals surface area contributed by atoms with Crippen LogP contribution >= 0.6 is 0 Å². The molecule has 0 fully saturated rings. The van der Waals surface area contributed by atoms with E-state index >= 15 is 0 Å². The Bertz CT molecular complexity index is 440. The first-order valence-corrected chi connectivity index (χ1v) is 6.33. The molecule has 102 valence electrons. The van der Waals surface area contributed by atoms with Gasteiger partial charge in [0.05, 0.1) is 0 Å². The highest BCUT2D eigenvalue weighted by Crippen LogP contribution is 2.22. The van der Waals surface area contributed by atoms with Crippen molar-refractivity contribution in [3.63, 3.8) is 0 Å². The first-order valence-electron chi connectivity index (χ1n) is 6.33. The average molecular weight is 254 g/mol. The summed E-state index contributed by atoms with van der Waals surface area (Å²) in [4.78, 5) is 19.1. The Morgan fingerprint density at radius 1 is 1.44 bits per heavy atom. The molecule has 0 aliphatic rings. The quantitative estimate of drug-likeness (QED) is 0.803. The molecular formula is C13H22N2O3. The van der Waals surface area contributed by atoms with Crippen LogP contribution in [0.5, 0.6) is 0 Å². The third-order valence-electron chi connectivity index (χ3n) is 2.82. The average Bonchev–Trinajstić information content (AvgIpc) is 2.30. The highest BCUT2D eigenvalue weighted by atomic mass is 16.5. The highest BCUT2D eigenvalue weighted by molar-refractivity contribution is 5.17. The van der Waals surface area contributed by atoms with E-state index in [1.165, 1.54) is 0 Å². The largest absolute Gasteiger partial charge is 0.396 e. The van der Waals surface area contributed by atoms with E-state index < -0.39 is 0 Å². The molecule has 1 atom stereocenters. The first-order chi connectivity index (χ1) is 8.51. The molecule has 0 spiro atoms. The maximum absolute atomic E-state index is 11.9. The number of aromatic amines is 1. The number of ether oxygens (including phenoxy) is 1. The minimum absolute atomic E-state index is 0.0516. The van der Waals surface area contributed by atoms with E-state index in [4.69, 9.17) is 9.84 Å². The Balaban J connectivity index is 3.14. The first kappa shape index (κ1) is 14.9. The molecule has 0 aromatic carbocycles. The molecule has 18 heavy (non-hydrogen) atoms. The van der Waals surface area contributed by atoms with Gasteiger partial charge in [0.1, 0.15) is 11.9 Å². The molecular weight excluding hydrogens is 232 g/mol. The number of hydrogen-bond acceptors (Lipinski definition) is 4. The Morgan fingerprint density at radius 2 is 2.11 bits per heavy atom. The molecule has 5 nitrogen and oxygen atoms in total. The van der Waals surface area contributed by atoms with Gasteiger partial charge in [0.15, 0.2) is 0 Å². The van der Waals surface area contributed by atoms with Gasteiger partial charge >= 0.3 is 0 Å². The van der Waals surface area contributed by atoms with Crippen molar-refractivity contribution in [2.75, 3.05) is 13.2 Å². The van der Waals surface area contributed by atoms with Gasteiger partial charge in [0.2, 0.25) is 0 Å². The lowest BCUT2D eigenvalue weighted by Gasteiger charge is -2.20. The summed E-state index contributed by atoms with van der Waals surface area (Å²) in [6.07, 6.45) is 0.125. The summed E-state index contributed by atoms with van der Waals surface area (Å²) in [5.41, 5.74) is 1.02. The summed E-state index contributed by atoms with van der Waals surface area (Å²) in [5.74, 6) is 0.798. The standard InChI is InChI=1S/C13H22N2O3/c1-5-18-11(8(2)3)12-14-9(4)10(6-7-16)13(17)15-12/h8,11,16H,5-7H2,1-4H3,(H,14,15,17).